The van der Waals surface area contributed by atoms with Crippen molar-refractivity contribution in [1.82, 2.24) is 14.9 Å². The van der Waals surface area contributed by atoms with Crippen LogP contribution in [0.5, 0.6) is 0 Å². The molecule has 3 rings (SSSR count). The highest BCUT2D eigenvalue weighted by atomic mass is 16.5. The van der Waals surface area contributed by atoms with Crippen LogP contribution in [-0.2, 0) is 22.5 Å². The number of carbonyl (C=O) groups is 2. The van der Waals surface area contributed by atoms with Crippen LogP contribution in [0.25, 0.3) is 10.9 Å². The number of aromatic nitrogens is 2. The van der Waals surface area contributed by atoms with E-state index in [1.54, 1.807) is 17.6 Å². The molecule has 0 saturated heterocycles. The van der Waals surface area contributed by atoms with Crippen molar-refractivity contribution in [3.63, 3.8) is 0 Å². The van der Waals surface area contributed by atoms with E-state index in [2.05, 4.69) is 16.4 Å². The predicted molar refractivity (Wildman–Crippen MR) is 106 cm³/mol. The van der Waals surface area contributed by atoms with Gasteiger partial charge in [0.25, 0.3) is 11.5 Å². The maximum Gasteiger partial charge on any atom is 0.338 e. The van der Waals surface area contributed by atoms with E-state index in [1.165, 1.54) is 19.1 Å². The second-order valence-corrected chi connectivity index (χ2v) is 7.83. The average molecular weight is 396 g/mol. The first-order valence-corrected chi connectivity index (χ1v) is 9.64. The molecule has 152 valence electrons. The van der Waals surface area contributed by atoms with Crippen LogP contribution < -0.4 is 10.9 Å². The Balaban J connectivity index is 1.78. The van der Waals surface area contributed by atoms with Gasteiger partial charge in [0.05, 0.1) is 22.5 Å². The summed E-state index contributed by atoms with van der Waals surface area (Å²) in [6.45, 7) is 7.37. The van der Waals surface area contributed by atoms with Crippen molar-refractivity contribution in [3.05, 3.63) is 39.9 Å². The summed E-state index contributed by atoms with van der Waals surface area (Å²) >= 11 is 0. The van der Waals surface area contributed by atoms with Gasteiger partial charge in [-0.15, -0.1) is 0 Å². The molecule has 0 unspecified atom stereocenters. The van der Waals surface area contributed by atoms with Crippen LogP contribution in [0.4, 0.5) is 0 Å². The first-order valence-electron chi connectivity index (χ1n) is 9.64. The lowest BCUT2D eigenvalue weighted by atomic mass is 9.90. The number of carbonyl (C=O) groups excluding carboxylic acids is 2. The number of rotatable bonds is 5. The van der Waals surface area contributed by atoms with Gasteiger partial charge in [-0.2, -0.15) is 5.26 Å². The maximum atomic E-state index is 12.5. The number of nitriles is 1. The van der Waals surface area contributed by atoms with E-state index in [-0.39, 0.29) is 17.0 Å². The van der Waals surface area contributed by atoms with Crippen molar-refractivity contribution in [3.8, 4) is 6.07 Å². The molecule has 8 heteroatoms. The number of benzene rings is 1. The van der Waals surface area contributed by atoms with Crippen LogP contribution in [0.15, 0.2) is 23.0 Å². The van der Waals surface area contributed by atoms with E-state index >= 15 is 0 Å². The van der Waals surface area contributed by atoms with E-state index in [4.69, 9.17) is 4.74 Å². The number of amides is 1. The lowest BCUT2D eigenvalue weighted by Gasteiger charge is -2.28. The van der Waals surface area contributed by atoms with Gasteiger partial charge in [0.2, 0.25) is 0 Å². The second-order valence-electron chi connectivity index (χ2n) is 7.83. The van der Waals surface area contributed by atoms with Gasteiger partial charge in [-0.1, -0.05) is 13.8 Å². The van der Waals surface area contributed by atoms with Crippen LogP contribution in [0.3, 0.4) is 0 Å². The van der Waals surface area contributed by atoms with Gasteiger partial charge < -0.3 is 10.1 Å². The first kappa shape index (κ1) is 20.5. The predicted octanol–water partition coefficient (Wildman–Crippen LogP) is 1.94. The summed E-state index contributed by atoms with van der Waals surface area (Å²) in [6.07, 6.45) is 0.520. The minimum Gasteiger partial charge on any atom is -0.449 e. The highest BCUT2D eigenvalue weighted by Crippen LogP contribution is 2.18. The standard InChI is InChI=1S/C21H24N4O4/c1-12(2)21(4,11-22)24-18(26)13(3)29-20(28)14-7-8-15-16(10-14)23-17-6-5-9-25(17)19(15)27/h7-8,10,12-13H,5-6,9H2,1-4H3,(H,24,26)/t13-,21-/m0/s1. The fraction of sp³-hybridized carbons (Fsp3) is 0.476. The number of nitrogens with one attached hydrogen (secondary N) is 1. The molecule has 8 nitrogen and oxygen atoms in total. The van der Waals surface area contributed by atoms with Crippen molar-refractivity contribution in [2.24, 2.45) is 5.92 Å². The quantitative estimate of drug-likeness (QED) is 0.773. The number of fused-ring (bicyclic) bond motifs is 2. The molecule has 0 saturated carbocycles. The summed E-state index contributed by atoms with van der Waals surface area (Å²) in [4.78, 5) is 41.9. The van der Waals surface area contributed by atoms with Crippen molar-refractivity contribution >= 4 is 22.8 Å². The minimum absolute atomic E-state index is 0.111. The minimum atomic E-state index is -1.08. The van der Waals surface area contributed by atoms with E-state index in [0.717, 1.165) is 12.8 Å². The van der Waals surface area contributed by atoms with Gasteiger partial charge >= 0.3 is 5.97 Å². The molecule has 0 fully saturated rings. The molecule has 1 aromatic heterocycles. The maximum absolute atomic E-state index is 12.5. The molecule has 1 aromatic carbocycles. The number of esters is 1. The Morgan fingerprint density at radius 2 is 2.07 bits per heavy atom. The SMILES string of the molecule is CC(C)[C@](C)(C#N)NC(=O)[C@H](C)OC(=O)c1ccc2c(=O)n3c(nc2c1)CCC3. The Kier molecular flexibility index (Phi) is 5.42. The molecule has 29 heavy (non-hydrogen) atoms. The van der Waals surface area contributed by atoms with Crippen LogP contribution >= 0.6 is 0 Å². The second kappa shape index (κ2) is 7.66. The zero-order valence-corrected chi connectivity index (χ0v) is 17.0. The zero-order valence-electron chi connectivity index (χ0n) is 17.0. The van der Waals surface area contributed by atoms with Crippen LogP contribution in [0.2, 0.25) is 0 Å². The molecule has 1 amide bonds. The first-order chi connectivity index (χ1) is 13.7. The summed E-state index contributed by atoms with van der Waals surface area (Å²) in [7, 11) is 0. The van der Waals surface area contributed by atoms with Crippen molar-refractivity contribution in [2.75, 3.05) is 0 Å². The molecule has 0 aliphatic carbocycles. The molecule has 1 aliphatic heterocycles. The summed E-state index contributed by atoms with van der Waals surface area (Å²) in [5.41, 5.74) is -0.530. The Bertz CT molecular complexity index is 1080. The van der Waals surface area contributed by atoms with Gasteiger partial charge in [0, 0.05) is 13.0 Å². The highest BCUT2D eigenvalue weighted by Gasteiger charge is 2.32. The third kappa shape index (κ3) is 3.86. The largest absolute Gasteiger partial charge is 0.449 e. The molecule has 2 aromatic rings. The average Bonchev–Trinajstić information content (AvgIpc) is 3.16. The van der Waals surface area contributed by atoms with Crippen molar-refractivity contribution in [1.29, 1.82) is 5.26 Å². The van der Waals surface area contributed by atoms with Crippen LogP contribution in [0.1, 0.15) is 50.3 Å². The third-order valence-electron chi connectivity index (χ3n) is 5.48. The Morgan fingerprint density at radius 3 is 2.72 bits per heavy atom. The summed E-state index contributed by atoms with van der Waals surface area (Å²) in [5, 5.41) is 12.4. The van der Waals surface area contributed by atoms with E-state index in [9.17, 15) is 19.6 Å². The molecule has 0 bridgehead atoms. The molecule has 2 heterocycles. The van der Waals surface area contributed by atoms with Crippen LogP contribution in [0, 0.1) is 17.2 Å². The van der Waals surface area contributed by atoms with Crippen LogP contribution in [-0.4, -0.2) is 33.1 Å². The molecular formula is C21H24N4O4. The van der Waals surface area contributed by atoms with E-state index in [1.807, 2.05) is 13.8 Å². The number of hydrogen-bond donors (Lipinski definition) is 1. The fourth-order valence-electron chi connectivity index (χ4n) is 3.15. The number of ether oxygens (including phenoxy) is 1. The third-order valence-corrected chi connectivity index (χ3v) is 5.48. The topological polar surface area (TPSA) is 114 Å². The number of nitrogens with zero attached hydrogens (tertiary/aromatic N) is 3. The van der Waals surface area contributed by atoms with Gasteiger partial charge in [-0.05, 0) is 44.4 Å². The van der Waals surface area contributed by atoms with Gasteiger partial charge in [0.15, 0.2) is 6.10 Å². The summed E-state index contributed by atoms with van der Waals surface area (Å²) in [5.74, 6) is -0.650. The normalized spacial score (nSPS) is 16.0. The van der Waals surface area contributed by atoms with Gasteiger partial charge in [0.1, 0.15) is 11.4 Å². The lowest BCUT2D eigenvalue weighted by Crippen LogP contribution is -2.52. The highest BCUT2D eigenvalue weighted by molar-refractivity contribution is 5.95. The Morgan fingerprint density at radius 1 is 1.34 bits per heavy atom. The Labute approximate surface area is 168 Å². The monoisotopic (exact) mass is 396 g/mol. The number of aryl methyl sites for hydroxylation is 1. The molecule has 0 spiro atoms. The molecule has 2 atom stereocenters. The molecule has 1 aliphatic rings. The van der Waals surface area contributed by atoms with Crippen molar-refractivity contribution in [2.45, 2.75) is 58.7 Å². The molecular weight excluding hydrogens is 372 g/mol. The number of hydrogen-bond acceptors (Lipinski definition) is 6. The van der Waals surface area contributed by atoms with Gasteiger partial charge in [-0.25, -0.2) is 9.78 Å². The lowest BCUT2D eigenvalue weighted by molar-refractivity contribution is -0.130. The molecule has 0 radical (unpaired) electrons. The van der Waals surface area contributed by atoms with Gasteiger partial charge in [-0.3, -0.25) is 14.2 Å². The van der Waals surface area contributed by atoms with E-state index in [0.29, 0.717) is 23.3 Å². The summed E-state index contributed by atoms with van der Waals surface area (Å²) in [6, 6.07) is 6.64. The zero-order chi connectivity index (χ0) is 21.3. The smallest absolute Gasteiger partial charge is 0.338 e. The fourth-order valence-corrected chi connectivity index (χ4v) is 3.15. The molecule has 1 N–H and O–H groups in total. The van der Waals surface area contributed by atoms with E-state index < -0.39 is 23.5 Å². The Hall–Kier alpha value is -3.21. The van der Waals surface area contributed by atoms with Crippen molar-refractivity contribution < 1.29 is 14.3 Å². The summed E-state index contributed by atoms with van der Waals surface area (Å²) < 4.78 is 6.93.